The molecule has 2 heterocycles. The topological polar surface area (TPSA) is 28.2 Å². The van der Waals surface area contributed by atoms with Crippen molar-refractivity contribution in [2.45, 2.75) is 37.5 Å². The smallest absolute Gasteiger partial charge is 0.365 e. The van der Waals surface area contributed by atoms with Crippen LogP contribution in [0.5, 0.6) is 0 Å². The zero-order valence-corrected chi connectivity index (χ0v) is 11.5. The van der Waals surface area contributed by atoms with E-state index < -0.39 is 11.7 Å². The minimum Gasteiger partial charge on any atom is -0.365 e. The van der Waals surface area contributed by atoms with Crippen LogP contribution >= 0.6 is 11.6 Å². The summed E-state index contributed by atoms with van der Waals surface area (Å²) < 4.78 is 37.6. The van der Waals surface area contributed by atoms with Gasteiger partial charge in [-0.25, -0.2) is 4.98 Å². The third-order valence-corrected chi connectivity index (χ3v) is 4.08. The molecule has 1 saturated heterocycles. The Morgan fingerprint density at radius 3 is 2.65 bits per heavy atom. The van der Waals surface area contributed by atoms with E-state index in [4.69, 9.17) is 11.6 Å². The first-order valence-electron chi connectivity index (χ1n) is 6.67. The average molecular weight is 306 g/mol. The van der Waals surface area contributed by atoms with E-state index in [0.717, 1.165) is 31.8 Å². The molecule has 0 amide bonds. The van der Waals surface area contributed by atoms with Crippen molar-refractivity contribution >= 4 is 17.4 Å². The van der Waals surface area contributed by atoms with E-state index in [1.54, 1.807) is 0 Å². The van der Waals surface area contributed by atoms with Gasteiger partial charge in [0.25, 0.3) is 0 Å². The molecule has 1 saturated carbocycles. The second kappa shape index (κ2) is 5.07. The summed E-state index contributed by atoms with van der Waals surface area (Å²) in [7, 11) is 0. The van der Waals surface area contributed by atoms with Gasteiger partial charge < -0.3 is 5.32 Å². The zero-order chi connectivity index (χ0) is 14.3. The average Bonchev–Trinajstić information content (AvgIpc) is 3.11. The summed E-state index contributed by atoms with van der Waals surface area (Å²) in [6, 6.07) is 1.83. The molecule has 3 nitrogen and oxygen atoms in total. The molecule has 1 N–H and O–H groups in total. The number of hydrogen-bond acceptors (Lipinski definition) is 3. The van der Waals surface area contributed by atoms with Gasteiger partial charge in [0.05, 0.1) is 10.6 Å². The summed E-state index contributed by atoms with van der Waals surface area (Å²) in [4.78, 5) is 6.22. The van der Waals surface area contributed by atoms with Gasteiger partial charge in [0.2, 0.25) is 0 Å². The maximum Gasteiger partial charge on any atom is 0.417 e. The van der Waals surface area contributed by atoms with Gasteiger partial charge in [0, 0.05) is 31.4 Å². The third kappa shape index (κ3) is 3.01. The van der Waals surface area contributed by atoms with Crippen LogP contribution in [0.1, 0.15) is 24.8 Å². The highest BCUT2D eigenvalue weighted by molar-refractivity contribution is 6.33. The molecule has 1 aliphatic heterocycles. The molecule has 2 aliphatic rings. The van der Waals surface area contributed by atoms with Gasteiger partial charge in [-0.3, -0.25) is 4.90 Å². The van der Waals surface area contributed by atoms with Crippen molar-refractivity contribution in [2.24, 2.45) is 0 Å². The molecule has 1 atom stereocenters. The summed E-state index contributed by atoms with van der Waals surface area (Å²) in [5, 5.41) is 3.17. The number of likely N-dealkylation sites (tertiary alicyclic amines) is 1. The SMILES string of the molecule is FC(F)(F)c1cnc(N[C@@H]2CCN(C3CC3)C2)c(Cl)c1. The fourth-order valence-electron chi connectivity index (χ4n) is 2.57. The fraction of sp³-hybridized carbons (Fsp3) is 0.615. The van der Waals surface area contributed by atoms with Crippen molar-refractivity contribution in [3.63, 3.8) is 0 Å². The number of hydrogen-bond donors (Lipinski definition) is 1. The van der Waals surface area contributed by atoms with Crippen LogP contribution in [-0.4, -0.2) is 35.1 Å². The Morgan fingerprint density at radius 1 is 1.30 bits per heavy atom. The first kappa shape index (κ1) is 13.9. The minimum absolute atomic E-state index is 0.0182. The number of nitrogens with one attached hydrogen (secondary N) is 1. The Hall–Kier alpha value is -1.01. The second-order valence-electron chi connectivity index (χ2n) is 5.41. The highest BCUT2D eigenvalue weighted by Crippen LogP contribution is 2.34. The quantitative estimate of drug-likeness (QED) is 0.927. The van der Waals surface area contributed by atoms with E-state index in [1.807, 2.05) is 0 Å². The van der Waals surface area contributed by atoms with Crippen LogP contribution in [0.25, 0.3) is 0 Å². The summed E-state index contributed by atoms with van der Waals surface area (Å²) in [5.41, 5.74) is -0.820. The Kier molecular flexibility index (Phi) is 3.54. The predicted molar refractivity (Wildman–Crippen MR) is 70.9 cm³/mol. The highest BCUT2D eigenvalue weighted by atomic mass is 35.5. The number of halogens is 4. The molecule has 0 bridgehead atoms. The van der Waals surface area contributed by atoms with Gasteiger partial charge in [0.15, 0.2) is 0 Å². The van der Waals surface area contributed by atoms with Crippen molar-refractivity contribution in [3.8, 4) is 0 Å². The molecule has 7 heteroatoms. The number of anilines is 1. The first-order valence-corrected chi connectivity index (χ1v) is 7.04. The molecule has 0 spiro atoms. The fourth-order valence-corrected chi connectivity index (χ4v) is 2.79. The van der Waals surface area contributed by atoms with Crippen molar-refractivity contribution in [3.05, 3.63) is 22.8 Å². The lowest BCUT2D eigenvalue weighted by Gasteiger charge is -2.17. The molecule has 1 aromatic rings. The maximum atomic E-state index is 12.5. The maximum absolute atomic E-state index is 12.5. The zero-order valence-electron chi connectivity index (χ0n) is 10.8. The number of rotatable bonds is 3. The Morgan fingerprint density at radius 2 is 2.05 bits per heavy atom. The molecule has 0 unspecified atom stereocenters. The second-order valence-corrected chi connectivity index (χ2v) is 5.82. The van der Waals surface area contributed by atoms with E-state index in [9.17, 15) is 13.2 Å². The van der Waals surface area contributed by atoms with Crippen molar-refractivity contribution in [1.82, 2.24) is 9.88 Å². The molecule has 2 fully saturated rings. The molecular formula is C13H15ClF3N3. The van der Waals surface area contributed by atoms with E-state index in [0.29, 0.717) is 11.9 Å². The van der Waals surface area contributed by atoms with Crippen LogP contribution in [0.15, 0.2) is 12.3 Å². The molecule has 0 aromatic carbocycles. The monoisotopic (exact) mass is 305 g/mol. The van der Waals surface area contributed by atoms with Crippen molar-refractivity contribution < 1.29 is 13.2 Å². The van der Waals surface area contributed by atoms with Gasteiger partial charge in [-0.15, -0.1) is 0 Å². The standard InChI is InChI=1S/C13H15ClF3N3/c14-11-5-8(13(15,16)17)6-18-12(11)19-9-3-4-20(7-9)10-1-2-10/h5-6,9-10H,1-4,7H2,(H,18,19)/t9-/m1/s1. The number of aromatic nitrogens is 1. The van der Waals surface area contributed by atoms with Crippen LogP contribution in [0, 0.1) is 0 Å². The van der Waals surface area contributed by atoms with Gasteiger partial charge in [-0.05, 0) is 25.3 Å². The van der Waals surface area contributed by atoms with Crippen molar-refractivity contribution in [2.75, 3.05) is 18.4 Å². The van der Waals surface area contributed by atoms with Crippen LogP contribution in [0.2, 0.25) is 5.02 Å². The lowest BCUT2D eigenvalue weighted by Crippen LogP contribution is -2.28. The van der Waals surface area contributed by atoms with Crippen LogP contribution < -0.4 is 5.32 Å². The molecule has 110 valence electrons. The van der Waals surface area contributed by atoms with Crippen molar-refractivity contribution in [1.29, 1.82) is 0 Å². The lowest BCUT2D eigenvalue weighted by molar-refractivity contribution is -0.137. The summed E-state index contributed by atoms with van der Waals surface area (Å²) in [5.74, 6) is 0.335. The summed E-state index contributed by atoms with van der Waals surface area (Å²) in [6.07, 6.45) is -0.110. The van der Waals surface area contributed by atoms with Crippen LogP contribution in [-0.2, 0) is 6.18 Å². The molecule has 20 heavy (non-hydrogen) atoms. The number of nitrogens with zero attached hydrogens (tertiary/aromatic N) is 2. The van der Waals surface area contributed by atoms with E-state index in [-0.39, 0.29) is 11.1 Å². The number of pyridine rings is 1. The van der Waals surface area contributed by atoms with Gasteiger partial charge in [-0.2, -0.15) is 13.2 Å². The largest absolute Gasteiger partial charge is 0.417 e. The lowest BCUT2D eigenvalue weighted by atomic mass is 10.2. The van der Waals surface area contributed by atoms with E-state index >= 15 is 0 Å². The summed E-state index contributed by atoms with van der Waals surface area (Å²) >= 11 is 5.89. The number of alkyl halides is 3. The van der Waals surface area contributed by atoms with Gasteiger partial charge in [0.1, 0.15) is 5.82 Å². The molecule has 1 aliphatic carbocycles. The van der Waals surface area contributed by atoms with E-state index in [1.165, 1.54) is 12.8 Å². The van der Waals surface area contributed by atoms with Gasteiger partial charge >= 0.3 is 6.18 Å². The Balaban J connectivity index is 1.65. The molecular weight excluding hydrogens is 291 g/mol. The predicted octanol–water partition coefficient (Wildman–Crippen LogP) is 3.40. The minimum atomic E-state index is -4.41. The molecule has 0 radical (unpaired) electrons. The van der Waals surface area contributed by atoms with Crippen LogP contribution in [0.3, 0.4) is 0 Å². The Bertz CT molecular complexity index is 502. The van der Waals surface area contributed by atoms with Crippen LogP contribution in [0.4, 0.5) is 19.0 Å². The highest BCUT2D eigenvalue weighted by Gasteiger charge is 2.35. The molecule has 3 rings (SSSR count). The third-order valence-electron chi connectivity index (χ3n) is 3.79. The Labute approximate surface area is 120 Å². The molecule has 1 aromatic heterocycles. The first-order chi connectivity index (χ1) is 9.43. The van der Waals surface area contributed by atoms with E-state index in [2.05, 4.69) is 15.2 Å². The van der Waals surface area contributed by atoms with Gasteiger partial charge in [-0.1, -0.05) is 11.6 Å². The summed E-state index contributed by atoms with van der Waals surface area (Å²) in [6.45, 7) is 1.93. The normalized spacial score (nSPS) is 24.1.